The monoisotopic (exact) mass is 470 g/mol. The molecule has 0 aliphatic heterocycles. The lowest BCUT2D eigenvalue weighted by Gasteiger charge is -2.16. The molecular weight excluding hydrogens is 447 g/mol. The van der Waals surface area contributed by atoms with Crippen molar-refractivity contribution in [3.8, 4) is 11.1 Å². The molecule has 10 heteroatoms. The lowest BCUT2D eigenvalue weighted by atomic mass is 10.0. The van der Waals surface area contributed by atoms with Gasteiger partial charge in [-0.1, -0.05) is 35.9 Å². The Hall–Kier alpha value is -3.85. The van der Waals surface area contributed by atoms with Gasteiger partial charge >= 0.3 is 0 Å². The zero-order chi connectivity index (χ0) is 24.1. The van der Waals surface area contributed by atoms with Gasteiger partial charge < -0.3 is 22.0 Å². The molecule has 7 N–H and O–H groups in total. The van der Waals surface area contributed by atoms with E-state index < -0.39 is 11.7 Å². The Morgan fingerprint density at radius 3 is 2.67 bits per heavy atom. The topological polar surface area (TPSA) is 143 Å². The number of carbonyl (C=O) groups excluding carboxylic acids is 1. The zero-order valence-electron chi connectivity index (χ0n) is 17.9. The maximum absolute atomic E-state index is 14.3. The van der Waals surface area contributed by atoms with Crippen LogP contribution in [-0.2, 0) is 17.8 Å². The van der Waals surface area contributed by atoms with Gasteiger partial charge in [0, 0.05) is 41.5 Å². The molecule has 0 fully saturated rings. The average molecular weight is 471 g/mol. The Kier molecular flexibility index (Phi) is 7.34. The normalized spacial score (nSPS) is 11.4. The number of amidine groups is 1. The maximum Gasteiger partial charge on any atom is 0.226 e. The smallest absolute Gasteiger partial charge is 0.226 e. The van der Waals surface area contributed by atoms with Crippen molar-refractivity contribution in [2.75, 3.05) is 12.3 Å². The Labute approximate surface area is 194 Å². The molecule has 0 radical (unpaired) electrons. The van der Waals surface area contributed by atoms with E-state index in [1.54, 1.807) is 31.2 Å². The largest absolute Gasteiger partial charge is 0.427 e. The van der Waals surface area contributed by atoms with Gasteiger partial charge in [-0.05, 0) is 30.7 Å². The van der Waals surface area contributed by atoms with Gasteiger partial charge in [0.05, 0.1) is 17.1 Å². The van der Waals surface area contributed by atoms with Gasteiger partial charge in [0.15, 0.2) is 5.49 Å². The van der Waals surface area contributed by atoms with Crippen LogP contribution in [0.3, 0.4) is 0 Å². The van der Waals surface area contributed by atoms with Gasteiger partial charge in [-0.25, -0.2) is 4.39 Å². The highest BCUT2D eigenvalue weighted by atomic mass is 35.5. The molecule has 8 nitrogen and oxygen atoms in total. The Balaban J connectivity index is 1.92. The number of amides is 1. The Bertz CT molecular complexity index is 1290. The number of nitrogens with one attached hydrogen (secondary N) is 2. The van der Waals surface area contributed by atoms with E-state index in [1.165, 1.54) is 18.2 Å². The molecule has 0 bridgehead atoms. The summed E-state index contributed by atoms with van der Waals surface area (Å²) in [5.74, 6) is -1.31. The van der Waals surface area contributed by atoms with Gasteiger partial charge in [0.25, 0.3) is 0 Å². The lowest BCUT2D eigenvalue weighted by Crippen LogP contribution is -2.30. The third-order valence-corrected chi connectivity index (χ3v) is 5.22. The number of rotatable bonds is 7. The molecule has 1 amide bonds. The zero-order valence-corrected chi connectivity index (χ0v) is 18.7. The number of hydrogen-bond acceptors (Lipinski definition) is 5. The predicted octanol–water partition coefficient (Wildman–Crippen LogP) is 2.83. The van der Waals surface area contributed by atoms with E-state index in [0.717, 1.165) is 10.8 Å². The first kappa shape index (κ1) is 23.8. The molecule has 2 aromatic carbocycles. The number of anilines is 1. The van der Waals surface area contributed by atoms with Crippen LogP contribution in [-0.4, -0.2) is 28.2 Å². The quantitative estimate of drug-likeness (QED) is 0.156. The number of nitrogen functional groups attached to an aromatic ring is 2. The molecule has 172 valence electrons. The average Bonchev–Trinajstić information content (AvgIpc) is 2.76. The standard InChI is InChI=1S/C23H24ClFN6O2/c1-2-29-20-10-17(24)22(13-4-3-5-16(26)8-13)19(31(20)33)11-21(32)30-12-15-7-6-14(23(27)28)9-18(15)25/h3-10,33H,2,11-12,26H2,1H3,(H3,27,28)(H,30,32). The van der Waals surface area contributed by atoms with E-state index in [2.05, 4.69) is 10.3 Å². The van der Waals surface area contributed by atoms with Gasteiger partial charge in [-0.3, -0.25) is 15.2 Å². The third-order valence-electron chi connectivity index (χ3n) is 4.92. The fraction of sp³-hybridized carbons (Fsp3) is 0.174. The summed E-state index contributed by atoms with van der Waals surface area (Å²) >= 11 is 6.51. The van der Waals surface area contributed by atoms with Crippen molar-refractivity contribution in [1.29, 1.82) is 5.41 Å². The summed E-state index contributed by atoms with van der Waals surface area (Å²) in [6, 6.07) is 12.5. The second-order valence-electron chi connectivity index (χ2n) is 7.26. The predicted molar refractivity (Wildman–Crippen MR) is 126 cm³/mol. The lowest BCUT2D eigenvalue weighted by molar-refractivity contribution is -0.120. The number of aromatic nitrogens is 1. The molecule has 33 heavy (non-hydrogen) atoms. The van der Waals surface area contributed by atoms with E-state index >= 15 is 0 Å². The molecule has 3 aromatic rings. The highest BCUT2D eigenvalue weighted by Gasteiger charge is 2.19. The highest BCUT2D eigenvalue weighted by Crippen LogP contribution is 2.31. The van der Waals surface area contributed by atoms with Crippen LogP contribution in [0.25, 0.3) is 11.1 Å². The SMILES string of the molecule is CCN=c1cc(Cl)c(-c2cccc(N)c2)c(CC(=O)NCc2ccc(C(=N)N)cc2F)n1O. The van der Waals surface area contributed by atoms with Gasteiger partial charge in [-0.15, -0.1) is 0 Å². The number of carbonyl (C=O) groups is 1. The molecule has 3 rings (SSSR count). The molecule has 0 unspecified atom stereocenters. The van der Waals surface area contributed by atoms with Crippen LogP contribution in [0.5, 0.6) is 0 Å². The number of halogens is 2. The summed E-state index contributed by atoms with van der Waals surface area (Å²) in [6.45, 7) is 2.11. The number of pyridine rings is 1. The van der Waals surface area contributed by atoms with E-state index in [9.17, 15) is 14.4 Å². The van der Waals surface area contributed by atoms with Crippen LogP contribution < -0.4 is 22.3 Å². The third kappa shape index (κ3) is 5.50. The van der Waals surface area contributed by atoms with Crippen molar-refractivity contribution in [3.63, 3.8) is 0 Å². The van der Waals surface area contributed by atoms with Crippen molar-refractivity contribution >= 4 is 29.0 Å². The first-order chi connectivity index (χ1) is 15.7. The van der Waals surface area contributed by atoms with Crippen molar-refractivity contribution in [2.45, 2.75) is 19.9 Å². The number of hydrogen-bond donors (Lipinski definition) is 5. The van der Waals surface area contributed by atoms with Crippen molar-refractivity contribution in [2.24, 2.45) is 10.7 Å². The summed E-state index contributed by atoms with van der Waals surface area (Å²) in [6.07, 6.45) is -0.249. The molecule has 0 aliphatic carbocycles. The van der Waals surface area contributed by atoms with Crippen LogP contribution in [0.1, 0.15) is 23.7 Å². The van der Waals surface area contributed by atoms with E-state index in [4.69, 9.17) is 28.5 Å². The van der Waals surface area contributed by atoms with Gasteiger partial charge in [0.2, 0.25) is 5.91 Å². The van der Waals surface area contributed by atoms with Crippen LogP contribution in [0.2, 0.25) is 5.02 Å². The number of benzene rings is 2. The summed E-state index contributed by atoms with van der Waals surface area (Å²) in [5.41, 5.74) is 13.7. The van der Waals surface area contributed by atoms with Crippen LogP contribution >= 0.6 is 11.6 Å². The molecular formula is C23H24ClFN6O2. The highest BCUT2D eigenvalue weighted by molar-refractivity contribution is 6.33. The van der Waals surface area contributed by atoms with Gasteiger partial charge in [-0.2, -0.15) is 4.73 Å². The molecule has 0 atom stereocenters. The fourth-order valence-electron chi connectivity index (χ4n) is 3.33. The molecule has 0 saturated heterocycles. The minimum atomic E-state index is -0.590. The first-order valence-corrected chi connectivity index (χ1v) is 10.5. The summed E-state index contributed by atoms with van der Waals surface area (Å²) in [4.78, 5) is 17.0. The van der Waals surface area contributed by atoms with Crippen LogP contribution in [0, 0.1) is 11.2 Å². The minimum Gasteiger partial charge on any atom is -0.427 e. The first-order valence-electron chi connectivity index (χ1n) is 10.1. The van der Waals surface area contributed by atoms with Gasteiger partial charge in [0.1, 0.15) is 11.7 Å². The molecule has 0 aliphatic rings. The fourth-order valence-corrected chi connectivity index (χ4v) is 3.65. The van der Waals surface area contributed by atoms with Crippen LogP contribution in [0.15, 0.2) is 53.5 Å². The second-order valence-corrected chi connectivity index (χ2v) is 7.66. The molecule has 1 aromatic heterocycles. The molecule has 0 spiro atoms. The van der Waals surface area contributed by atoms with E-state index in [0.29, 0.717) is 28.4 Å². The summed E-state index contributed by atoms with van der Waals surface area (Å²) in [7, 11) is 0. The Morgan fingerprint density at radius 1 is 1.27 bits per heavy atom. The minimum absolute atomic E-state index is 0.0886. The van der Waals surface area contributed by atoms with Crippen molar-refractivity contribution in [3.05, 3.63) is 81.7 Å². The summed E-state index contributed by atoms with van der Waals surface area (Å²) < 4.78 is 15.1. The molecule has 0 saturated carbocycles. The van der Waals surface area contributed by atoms with Crippen molar-refractivity contribution in [1.82, 2.24) is 10.0 Å². The number of nitrogens with two attached hydrogens (primary N) is 2. The van der Waals surface area contributed by atoms with Crippen LogP contribution in [0.4, 0.5) is 10.1 Å². The van der Waals surface area contributed by atoms with E-state index in [1.807, 2.05) is 0 Å². The Morgan fingerprint density at radius 2 is 2.03 bits per heavy atom. The van der Waals surface area contributed by atoms with Crippen molar-refractivity contribution < 1.29 is 14.4 Å². The summed E-state index contributed by atoms with van der Waals surface area (Å²) in [5, 5.41) is 21.1. The maximum atomic E-state index is 14.3. The number of nitrogens with zero attached hydrogens (tertiary/aromatic N) is 2. The molecule has 1 heterocycles. The second kappa shape index (κ2) is 10.2. The van der Waals surface area contributed by atoms with E-state index in [-0.39, 0.29) is 41.1 Å².